The highest BCUT2D eigenvalue weighted by atomic mass is 16.3. The predicted octanol–water partition coefficient (Wildman–Crippen LogP) is 3.02. The molecule has 1 heterocycles. The zero-order valence-electron chi connectivity index (χ0n) is 13.5. The summed E-state index contributed by atoms with van der Waals surface area (Å²) < 4.78 is 0. The molecule has 0 spiro atoms. The van der Waals surface area contributed by atoms with E-state index in [0.29, 0.717) is 12.3 Å². The summed E-state index contributed by atoms with van der Waals surface area (Å²) in [6.45, 7) is 4.17. The van der Waals surface area contributed by atoms with E-state index in [-0.39, 0.29) is 11.7 Å². The van der Waals surface area contributed by atoms with Crippen molar-refractivity contribution in [1.29, 1.82) is 0 Å². The fraction of sp³-hybridized carbons (Fsp3) is 0.368. The first-order chi connectivity index (χ1) is 11.0. The van der Waals surface area contributed by atoms with Crippen molar-refractivity contribution in [3.05, 3.63) is 58.9 Å². The van der Waals surface area contributed by atoms with E-state index in [1.54, 1.807) is 18.3 Å². The standard InChI is InChI=1S/C19H22N2O2/c1-12(2)16-9-8-13(11-21-16)19(18(20)23)10-4-5-14-15(19)6-3-7-17(14)22/h3,6-9,11-12,22H,4-5,10H2,1-2H3,(H2,20,23). The van der Waals surface area contributed by atoms with Crippen LogP contribution >= 0.6 is 0 Å². The van der Waals surface area contributed by atoms with Crippen molar-refractivity contribution in [2.75, 3.05) is 0 Å². The Labute approximate surface area is 136 Å². The summed E-state index contributed by atoms with van der Waals surface area (Å²) in [5.41, 5.74) is 8.37. The van der Waals surface area contributed by atoms with E-state index in [2.05, 4.69) is 18.8 Å². The van der Waals surface area contributed by atoms with Gasteiger partial charge in [-0.2, -0.15) is 0 Å². The van der Waals surface area contributed by atoms with Gasteiger partial charge in [0.2, 0.25) is 5.91 Å². The molecular weight excluding hydrogens is 288 g/mol. The molecule has 1 aliphatic carbocycles. The van der Waals surface area contributed by atoms with Crippen molar-refractivity contribution >= 4 is 5.91 Å². The Bertz CT molecular complexity index is 738. The quantitative estimate of drug-likeness (QED) is 0.915. The highest BCUT2D eigenvalue weighted by molar-refractivity contribution is 5.91. The minimum Gasteiger partial charge on any atom is -0.508 e. The van der Waals surface area contributed by atoms with Gasteiger partial charge in [0.05, 0.1) is 0 Å². The summed E-state index contributed by atoms with van der Waals surface area (Å²) in [5.74, 6) is 0.180. The molecule has 0 saturated carbocycles. The van der Waals surface area contributed by atoms with Crippen LogP contribution in [0.15, 0.2) is 36.5 Å². The number of amides is 1. The lowest BCUT2D eigenvalue weighted by molar-refractivity contribution is -0.122. The van der Waals surface area contributed by atoms with Crippen molar-refractivity contribution in [3.63, 3.8) is 0 Å². The number of hydrogen-bond donors (Lipinski definition) is 2. The third kappa shape index (κ3) is 2.38. The average molecular weight is 310 g/mol. The van der Waals surface area contributed by atoms with Crippen molar-refractivity contribution in [2.45, 2.75) is 44.4 Å². The number of rotatable bonds is 3. The predicted molar refractivity (Wildman–Crippen MR) is 89.3 cm³/mol. The highest BCUT2D eigenvalue weighted by Crippen LogP contribution is 2.44. The Balaban J connectivity index is 2.20. The normalized spacial score (nSPS) is 20.3. The third-order valence-electron chi connectivity index (χ3n) is 4.88. The number of benzene rings is 1. The van der Waals surface area contributed by atoms with Crippen LogP contribution in [0.5, 0.6) is 5.75 Å². The maximum absolute atomic E-state index is 12.5. The molecule has 3 rings (SSSR count). The summed E-state index contributed by atoms with van der Waals surface area (Å²) in [5, 5.41) is 10.2. The van der Waals surface area contributed by atoms with Gasteiger partial charge >= 0.3 is 0 Å². The number of phenols is 1. The number of aromatic hydroxyl groups is 1. The van der Waals surface area contributed by atoms with Crippen molar-refractivity contribution in [2.24, 2.45) is 5.73 Å². The zero-order chi connectivity index (χ0) is 16.6. The average Bonchev–Trinajstić information content (AvgIpc) is 2.54. The molecule has 0 aliphatic heterocycles. The van der Waals surface area contributed by atoms with Crippen LogP contribution in [0.1, 0.15) is 55.0 Å². The summed E-state index contributed by atoms with van der Waals surface area (Å²) >= 11 is 0. The molecule has 1 aromatic carbocycles. The van der Waals surface area contributed by atoms with Gasteiger partial charge in [-0.3, -0.25) is 9.78 Å². The summed E-state index contributed by atoms with van der Waals surface area (Å²) in [4.78, 5) is 17.0. The van der Waals surface area contributed by atoms with Crippen LogP contribution in [0, 0.1) is 0 Å². The molecule has 0 fully saturated rings. The molecule has 2 aromatic rings. The zero-order valence-corrected chi connectivity index (χ0v) is 13.5. The summed E-state index contributed by atoms with van der Waals surface area (Å²) in [7, 11) is 0. The third-order valence-corrected chi connectivity index (χ3v) is 4.88. The Morgan fingerprint density at radius 2 is 2.09 bits per heavy atom. The first-order valence-corrected chi connectivity index (χ1v) is 8.04. The van der Waals surface area contributed by atoms with Crippen molar-refractivity contribution in [1.82, 2.24) is 4.98 Å². The molecule has 1 atom stereocenters. The molecule has 1 aromatic heterocycles. The fourth-order valence-electron chi connectivity index (χ4n) is 3.60. The van der Waals surface area contributed by atoms with Gasteiger partial charge in [0.1, 0.15) is 11.2 Å². The second-order valence-corrected chi connectivity index (χ2v) is 6.55. The lowest BCUT2D eigenvalue weighted by atomic mass is 9.65. The number of nitrogens with zero attached hydrogens (tertiary/aromatic N) is 1. The summed E-state index contributed by atoms with van der Waals surface area (Å²) in [6, 6.07) is 9.24. The van der Waals surface area contributed by atoms with Gasteiger partial charge in [0.25, 0.3) is 0 Å². The molecule has 3 N–H and O–H groups in total. The molecule has 1 aliphatic rings. The van der Waals surface area contributed by atoms with Crippen LogP contribution in [-0.2, 0) is 16.6 Å². The number of primary amides is 1. The number of aromatic nitrogens is 1. The largest absolute Gasteiger partial charge is 0.508 e. The van der Waals surface area contributed by atoms with Gasteiger partial charge in [0, 0.05) is 11.9 Å². The molecule has 0 radical (unpaired) electrons. The fourth-order valence-corrected chi connectivity index (χ4v) is 3.60. The second kappa shape index (κ2) is 5.69. The lowest BCUT2D eigenvalue weighted by Crippen LogP contribution is -2.44. The lowest BCUT2D eigenvalue weighted by Gasteiger charge is -2.37. The number of fused-ring (bicyclic) bond motifs is 1. The minimum atomic E-state index is -0.908. The van der Waals surface area contributed by atoms with Gasteiger partial charge < -0.3 is 10.8 Å². The van der Waals surface area contributed by atoms with Gasteiger partial charge in [-0.25, -0.2) is 0 Å². The Hall–Kier alpha value is -2.36. The van der Waals surface area contributed by atoms with E-state index in [0.717, 1.165) is 35.2 Å². The van der Waals surface area contributed by atoms with Gasteiger partial charge in [-0.15, -0.1) is 0 Å². The highest BCUT2D eigenvalue weighted by Gasteiger charge is 2.44. The number of carbonyl (C=O) groups excluding carboxylic acids is 1. The van der Waals surface area contributed by atoms with Crippen LogP contribution in [-0.4, -0.2) is 16.0 Å². The molecular formula is C19H22N2O2. The maximum atomic E-state index is 12.5. The van der Waals surface area contributed by atoms with E-state index in [9.17, 15) is 9.90 Å². The first-order valence-electron chi connectivity index (χ1n) is 8.04. The van der Waals surface area contributed by atoms with E-state index < -0.39 is 5.41 Å². The molecule has 120 valence electrons. The molecule has 4 nitrogen and oxygen atoms in total. The smallest absolute Gasteiger partial charge is 0.232 e. The molecule has 1 unspecified atom stereocenters. The molecule has 1 amide bonds. The second-order valence-electron chi connectivity index (χ2n) is 6.55. The van der Waals surface area contributed by atoms with Crippen molar-refractivity contribution < 1.29 is 9.90 Å². The van der Waals surface area contributed by atoms with Crippen LogP contribution in [0.2, 0.25) is 0 Å². The van der Waals surface area contributed by atoms with E-state index >= 15 is 0 Å². The first kappa shape index (κ1) is 15.5. The van der Waals surface area contributed by atoms with Crippen LogP contribution in [0.3, 0.4) is 0 Å². The topological polar surface area (TPSA) is 76.2 Å². The Morgan fingerprint density at radius 3 is 2.70 bits per heavy atom. The molecule has 0 saturated heterocycles. The maximum Gasteiger partial charge on any atom is 0.232 e. The van der Waals surface area contributed by atoms with Gasteiger partial charge in [-0.05, 0) is 54.0 Å². The SMILES string of the molecule is CC(C)c1ccc(C2(C(N)=O)CCCc3c(O)cccc32)cn1. The number of hydrogen-bond acceptors (Lipinski definition) is 3. The summed E-state index contributed by atoms with van der Waals surface area (Å²) in [6.07, 6.45) is 3.97. The minimum absolute atomic E-state index is 0.236. The monoisotopic (exact) mass is 310 g/mol. The van der Waals surface area contributed by atoms with Crippen LogP contribution in [0.4, 0.5) is 0 Å². The van der Waals surface area contributed by atoms with Gasteiger partial charge in [0.15, 0.2) is 0 Å². The van der Waals surface area contributed by atoms with Crippen molar-refractivity contribution in [3.8, 4) is 5.75 Å². The molecule has 0 bridgehead atoms. The van der Waals surface area contributed by atoms with Crippen LogP contribution in [0.25, 0.3) is 0 Å². The van der Waals surface area contributed by atoms with E-state index in [4.69, 9.17) is 5.73 Å². The number of pyridine rings is 1. The number of nitrogens with two attached hydrogens (primary N) is 1. The molecule has 4 heteroatoms. The van der Waals surface area contributed by atoms with Crippen LogP contribution < -0.4 is 5.73 Å². The number of carbonyl (C=O) groups is 1. The van der Waals surface area contributed by atoms with E-state index in [1.807, 2.05) is 18.2 Å². The Morgan fingerprint density at radius 1 is 1.30 bits per heavy atom. The Kier molecular flexibility index (Phi) is 3.84. The van der Waals surface area contributed by atoms with Gasteiger partial charge in [-0.1, -0.05) is 32.0 Å². The number of phenolic OH excluding ortho intramolecular Hbond substituents is 1. The van der Waals surface area contributed by atoms with E-state index in [1.165, 1.54) is 0 Å². The molecule has 23 heavy (non-hydrogen) atoms.